The number of para-hydroxylation sites is 2. The fourth-order valence-electron chi connectivity index (χ4n) is 4.40. The van der Waals surface area contributed by atoms with Gasteiger partial charge in [-0.15, -0.1) is 0 Å². The van der Waals surface area contributed by atoms with Crippen molar-refractivity contribution in [2.24, 2.45) is 0 Å². The maximum absolute atomic E-state index is 13.6. The van der Waals surface area contributed by atoms with Crippen molar-refractivity contribution in [3.63, 3.8) is 0 Å². The van der Waals surface area contributed by atoms with Crippen molar-refractivity contribution in [2.75, 3.05) is 29.8 Å². The average Bonchev–Trinajstić information content (AvgIpc) is 3.01. The van der Waals surface area contributed by atoms with E-state index in [4.69, 9.17) is 9.47 Å². The third-order valence-corrected chi connectivity index (χ3v) is 5.95. The highest BCUT2D eigenvalue weighted by Gasteiger charge is 2.64. The first-order chi connectivity index (χ1) is 16.5. The molecule has 8 nitrogen and oxygen atoms in total. The zero-order valence-corrected chi connectivity index (χ0v) is 18.5. The number of carbonyl (C=O) groups excluding carboxylic acids is 3. The first-order valence-electron chi connectivity index (χ1n) is 10.6. The van der Waals surface area contributed by atoms with E-state index >= 15 is 0 Å². The number of nitrogens with one attached hydrogen (secondary N) is 2. The molecule has 2 heterocycles. The summed E-state index contributed by atoms with van der Waals surface area (Å²) in [5, 5.41) is 6.46. The van der Waals surface area contributed by atoms with Gasteiger partial charge in [0.15, 0.2) is 0 Å². The summed E-state index contributed by atoms with van der Waals surface area (Å²) in [5.74, 6) is -1.90. The van der Waals surface area contributed by atoms with E-state index in [2.05, 4.69) is 10.6 Å². The van der Waals surface area contributed by atoms with Crippen LogP contribution < -0.4 is 20.3 Å². The van der Waals surface area contributed by atoms with Gasteiger partial charge in [0.25, 0.3) is 11.4 Å². The van der Waals surface area contributed by atoms with Gasteiger partial charge >= 0.3 is 11.9 Å². The maximum atomic E-state index is 13.6. The molecule has 0 bridgehead atoms. The Balaban J connectivity index is 1.86. The standard InChI is InChI=1S/C26H21N3O5/c1-33-18-14-12-17(13-15-18)29-24(31)23(30)21-22(16-8-4-3-5-9-16)27-19-10-6-7-11-20(19)28-26(21,29)25(32)34-2/h3-15,27-28H,1-2H3/t26-/m1/s1. The molecule has 8 heteroatoms. The van der Waals surface area contributed by atoms with Crippen LogP contribution in [-0.4, -0.2) is 37.5 Å². The number of esters is 1. The second-order valence-corrected chi connectivity index (χ2v) is 7.78. The Morgan fingerprint density at radius 3 is 2.15 bits per heavy atom. The number of nitrogens with zero attached hydrogens (tertiary/aromatic N) is 1. The molecule has 3 aromatic carbocycles. The highest BCUT2D eigenvalue weighted by molar-refractivity contribution is 6.55. The Morgan fingerprint density at radius 1 is 0.853 bits per heavy atom. The summed E-state index contributed by atoms with van der Waals surface area (Å²) in [4.78, 5) is 41.8. The van der Waals surface area contributed by atoms with Crippen LogP contribution in [0, 0.1) is 0 Å². The van der Waals surface area contributed by atoms with Crippen LogP contribution in [-0.2, 0) is 19.1 Å². The van der Waals surface area contributed by atoms with E-state index < -0.39 is 23.3 Å². The minimum absolute atomic E-state index is 0.0393. The highest BCUT2D eigenvalue weighted by atomic mass is 16.5. The van der Waals surface area contributed by atoms with E-state index in [9.17, 15) is 14.4 Å². The number of hydrogen-bond donors (Lipinski definition) is 2. The molecule has 3 aromatic rings. The predicted molar refractivity (Wildman–Crippen MR) is 127 cm³/mol. The van der Waals surface area contributed by atoms with Crippen molar-refractivity contribution < 1.29 is 23.9 Å². The van der Waals surface area contributed by atoms with Crippen LogP contribution in [0.2, 0.25) is 0 Å². The molecule has 1 fully saturated rings. The summed E-state index contributed by atoms with van der Waals surface area (Å²) in [6, 6.07) is 22.8. The van der Waals surface area contributed by atoms with E-state index in [-0.39, 0.29) is 5.57 Å². The molecule has 0 spiro atoms. The van der Waals surface area contributed by atoms with Gasteiger partial charge in [0.1, 0.15) is 5.75 Å². The van der Waals surface area contributed by atoms with Crippen molar-refractivity contribution in [2.45, 2.75) is 5.66 Å². The van der Waals surface area contributed by atoms with Crippen LogP contribution in [0.4, 0.5) is 17.1 Å². The van der Waals surface area contributed by atoms with Gasteiger partial charge in [-0.25, -0.2) is 4.79 Å². The SMILES string of the molecule is COC(=O)[C@@]12Nc3ccccc3NC(c3ccccc3)=C1C(=O)C(=O)N2c1ccc(OC)cc1. The molecule has 0 saturated carbocycles. The largest absolute Gasteiger partial charge is 0.497 e. The summed E-state index contributed by atoms with van der Waals surface area (Å²) in [6.07, 6.45) is 0. The number of ether oxygens (including phenoxy) is 2. The topological polar surface area (TPSA) is 97.0 Å². The lowest BCUT2D eigenvalue weighted by molar-refractivity contribution is -0.145. The number of amides is 1. The molecule has 1 amide bonds. The van der Waals surface area contributed by atoms with Crippen molar-refractivity contribution >= 4 is 40.4 Å². The van der Waals surface area contributed by atoms with Crippen LogP contribution >= 0.6 is 0 Å². The van der Waals surface area contributed by atoms with Gasteiger partial charge in [0.05, 0.1) is 36.9 Å². The average molecular weight is 455 g/mol. The van der Waals surface area contributed by atoms with Crippen LogP contribution in [0.5, 0.6) is 5.75 Å². The van der Waals surface area contributed by atoms with Gasteiger partial charge in [-0.3, -0.25) is 14.5 Å². The summed E-state index contributed by atoms with van der Waals surface area (Å²) in [5.41, 5.74) is 0.502. The number of ketones is 1. The number of rotatable bonds is 4. The quantitative estimate of drug-likeness (QED) is 0.460. The van der Waals surface area contributed by atoms with Gasteiger partial charge < -0.3 is 20.1 Å². The third kappa shape index (κ3) is 3.03. The minimum atomic E-state index is -1.94. The molecule has 0 radical (unpaired) electrons. The van der Waals surface area contributed by atoms with Crippen LogP contribution in [0.25, 0.3) is 5.70 Å². The van der Waals surface area contributed by atoms with Crippen LogP contribution in [0.3, 0.4) is 0 Å². The number of methoxy groups -OCH3 is 2. The normalized spacial score (nSPS) is 18.9. The molecule has 2 N–H and O–H groups in total. The fourth-order valence-corrected chi connectivity index (χ4v) is 4.40. The number of Topliss-reactive ketones (excluding diaryl/α,β-unsaturated/α-hetero) is 1. The summed E-state index contributed by atoms with van der Waals surface area (Å²) in [7, 11) is 2.75. The molecule has 1 atom stereocenters. The molecular formula is C26H21N3O5. The Kier molecular flexibility index (Phi) is 5.05. The lowest BCUT2D eigenvalue weighted by atomic mass is 9.93. The van der Waals surface area contributed by atoms with Crippen molar-refractivity contribution in [3.05, 3.63) is 90.0 Å². The molecule has 0 unspecified atom stereocenters. The van der Waals surface area contributed by atoms with Crippen molar-refractivity contribution in [1.29, 1.82) is 0 Å². The van der Waals surface area contributed by atoms with Crippen LogP contribution in [0.1, 0.15) is 5.56 Å². The lowest BCUT2D eigenvalue weighted by Crippen LogP contribution is -2.59. The van der Waals surface area contributed by atoms with Gasteiger partial charge in [-0.2, -0.15) is 0 Å². The second-order valence-electron chi connectivity index (χ2n) is 7.78. The Bertz CT molecular complexity index is 1330. The lowest BCUT2D eigenvalue weighted by Gasteiger charge is -2.36. The van der Waals surface area contributed by atoms with Crippen LogP contribution in [0.15, 0.2) is 84.4 Å². The maximum Gasteiger partial charge on any atom is 0.358 e. The molecule has 2 aliphatic heterocycles. The zero-order chi connectivity index (χ0) is 23.9. The van der Waals surface area contributed by atoms with Crippen molar-refractivity contribution in [1.82, 2.24) is 0 Å². The smallest absolute Gasteiger partial charge is 0.358 e. The Labute approximate surface area is 195 Å². The first kappa shape index (κ1) is 21.3. The number of hydrogen-bond acceptors (Lipinski definition) is 7. The third-order valence-electron chi connectivity index (χ3n) is 5.95. The van der Waals surface area contributed by atoms with E-state index in [1.807, 2.05) is 30.3 Å². The fraction of sp³-hybridized carbons (Fsp3) is 0.115. The van der Waals surface area contributed by atoms with E-state index in [0.29, 0.717) is 34.1 Å². The summed E-state index contributed by atoms with van der Waals surface area (Å²) < 4.78 is 10.4. The zero-order valence-electron chi connectivity index (χ0n) is 18.5. The van der Waals surface area contributed by atoms with Crippen molar-refractivity contribution in [3.8, 4) is 5.75 Å². The van der Waals surface area contributed by atoms with E-state index in [1.165, 1.54) is 14.2 Å². The number of carbonyl (C=O) groups is 3. The van der Waals surface area contributed by atoms with E-state index in [0.717, 1.165) is 4.90 Å². The molecule has 5 rings (SSSR count). The number of fused-ring (bicyclic) bond motifs is 2. The first-order valence-corrected chi connectivity index (χ1v) is 10.6. The van der Waals surface area contributed by atoms with Gasteiger partial charge in [-0.05, 0) is 42.0 Å². The molecule has 170 valence electrons. The summed E-state index contributed by atoms with van der Waals surface area (Å²) >= 11 is 0. The summed E-state index contributed by atoms with van der Waals surface area (Å²) in [6.45, 7) is 0. The highest BCUT2D eigenvalue weighted by Crippen LogP contribution is 2.46. The Morgan fingerprint density at radius 2 is 1.50 bits per heavy atom. The minimum Gasteiger partial charge on any atom is -0.497 e. The van der Waals surface area contributed by atoms with E-state index in [1.54, 1.807) is 48.5 Å². The monoisotopic (exact) mass is 455 g/mol. The molecule has 34 heavy (non-hydrogen) atoms. The molecule has 1 saturated heterocycles. The second kappa shape index (κ2) is 8.08. The number of anilines is 3. The molecule has 0 aliphatic carbocycles. The molecule has 0 aromatic heterocycles. The predicted octanol–water partition coefficient (Wildman–Crippen LogP) is 3.43. The molecule has 2 aliphatic rings. The van der Waals surface area contributed by atoms with Gasteiger partial charge in [0, 0.05) is 5.69 Å². The number of benzene rings is 3. The van der Waals surface area contributed by atoms with Gasteiger partial charge in [-0.1, -0.05) is 42.5 Å². The molecular weight excluding hydrogens is 434 g/mol. The Hall–Kier alpha value is -4.59. The van der Waals surface area contributed by atoms with Gasteiger partial charge in [0.2, 0.25) is 0 Å².